The summed E-state index contributed by atoms with van der Waals surface area (Å²) in [7, 11) is 0. The van der Waals surface area contributed by atoms with Crippen molar-refractivity contribution in [2.24, 2.45) is 0 Å². The topological polar surface area (TPSA) is 32.9 Å². The summed E-state index contributed by atoms with van der Waals surface area (Å²) in [5, 5.41) is 2.36. The van der Waals surface area contributed by atoms with Gasteiger partial charge in [-0.1, -0.05) is 46.9 Å². The number of H-pyrrole nitrogens is 1. The molecule has 0 saturated carbocycles. The van der Waals surface area contributed by atoms with Gasteiger partial charge in [-0.15, -0.1) is 0 Å². The van der Waals surface area contributed by atoms with E-state index in [1.165, 1.54) is 0 Å². The third-order valence-corrected chi connectivity index (χ3v) is 4.04. The highest BCUT2D eigenvalue weighted by Crippen LogP contribution is 2.31. The molecular formula is C16H10Cl3NO. The van der Waals surface area contributed by atoms with Gasteiger partial charge in [-0.05, 0) is 29.8 Å². The van der Waals surface area contributed by atoms with Gasteiger partial charge in [0.2, 0.25) is 0 Å². The lowest BCUT2D eigenvalue weighted by Gasteiger charge is -2.02. The summed E-state index contributed by atoms with van der Waals surface area (Å²) in [6.45, 7) is 0. The van der Waals surface area contributed by atoms with Crippen molar-refractivity contribution < 1.29 is 4.79 Å². The number of fused-ring (bicyclic) bond motifs is 1. The Morgan fingerprint density at radius 1 is 1.00 bits per heavy atom. The van der Waals surface area contributed by atoms with Gasteiger partial charge in [0.1, 0.15) is 0 Å². The summed E-state index contributed by atoms with van der Waals surface area (Å²) < 4.78 is 0. The Balaban J connectivity index is 1.96. The van der Waals surface area contributed by atoms with Gasteiger partial charge in [0.05, 0.1) is 5.02 Å². The number of hydrogen-bond donors (Lipinski definition) is 1. The molecule has 5 heteroatoms. The van der Waals surface area contributed by atoms with Crippen LogP contribution in [-0.2, 0) is 6.42 Å². The van der Waals surface area contributed by atoms with Crippen LogP contribution in [0.1, 0.15) is 15.9 Å². The number of benzene rings is 2. The van der Waals surface area contributed by atoms with Crippen molar-refractivity contribution in [2.75, 3.05) is 0 Å². The van der Waals surface area contributed by atoms with Gasteiger partial charge in [-0.2, -0.15) is 0 Å². The number of Topliss-reactive ketones (excluding diaryl/α,β-unsaturated/α-hetero) is 1. The summed E-state index contributed by atoms with van der Waals surface area (Å²) in [4.78, 5) is 15.5. The van der Waals surface area contributed by atoms with Crippen molar-refractivity contribution in [2.45, 2.75) is 6.42 Å². The van der Waals surface area contributed by atoms with E-state index < -0.39 is 0 Å². The smallest absolute Gasteiger partial charge is 0.169 e. The van der Waals surface area contributed by atoms with Gasteiger partial charge in [-0.25, -0.2) is 0 Å². The highest BCUT2D eigenvalue weighted by Gasteiger charge is 2.15. The van der Waals surface area contributed by atoms with Crippen molar-refractivity contribution in [3.8, 4) is 0 Å². The molecule has 1 heterocycles. The number of aromatic amines is 1. The first kappa shape index (κ1) is 14.5. The van der Waals surface area contributed by atoms with E-state index in [0.717, 1.165) is 11.1 Å². The molecule has 106 valence electrons. The zero-order chi connectivity index (χ0) is 15.0. The molecule has 2 aromatic carbocycles. The first-order valence-corrected chi connectivity index (χ1v) is 7.42. The Morgan fingerprint density at radius 2 is 1.71 bits per heavy atom. The lowest BCUT2D eigenvalue weighted by Crippen LogP contribution is -2.02. The molecule has 0 saturated heterocycles. The van der Waals surface area contributed by atoms with Gasteiger partial charge in [0, 0.05) is 39.1 Å². The largest absolute Gasteiger partial charge is 0.360 e. The van der Waals surface area contributed by atoms with Crippen LogP contribution >= 0.6 is 34.8 Å². The Hall–Kier alpha value is -1.48. The molecule has 1 aromatic heterocycles. The molecule has 3 rings (SSSR count). The summed E-state index contributed by atoms with van der Waals surface area (Å²) in [5.41, 5.74) is 2.23. The van der Waals surface area contributed by atoms with Crippen molar-refractivity contribution in [3.63, 3.8) is 0 Å². The monoisotopic (exact) mass is 337 g/mol. The van der Waals surface area contributed by atoms with Gasteiger partial charge < -0.3 is 4.98 Å². The van der Waals surface area contributed by atoms with Crippen LogP contribution in [-0.4, -0.2) is 10.8 Å². The van der Waals surface area contributed by atoms with Crippen molar-refractivity contribution in [1.29, 1.82) is 0 Å². The minimum Gasteiger partial charge on any atom is -0.360 e. The van der Waals surface area contributed by atoms with Crippen LogP contribution < -0.4 is 0 Å². The highest BCUT2D eigenvalue weighted by atomic mass is 35.5. The molecule has 0 aliphatic rings. The number of carbonyl (C=O) groups excluding carboxylic acids is 1. The number of ketones is 1. The first-order chi connectivity index (χ1) is 10.0. The molecule has 0 fully saturated rings. The number of aromatic nitrogens is 1. The molecule has 21 heavy (non-hydrogen) atoms. The number of nitrogens with one attached hydrogen (secondary N) is 1. The van der Waals surface area contributed by atoms with Crippen molar-refractivity contribution >= 4 is 51.5 Å². The van der Waals surface area contributed by atoms with Crippen molar-refractivity contribution in [1.82, 2.24) is 4.98 Å². The third-order valence-electron chi connectivity index (χ3n) is 3.27. The normalized spacial score (nSPS) is 11.0. The number of carbonyl (C=O) groups is 1. The van der Waals surface area contributed by atoms with E-state index in [1.54, 1.807) is 30.5 Å². The maximum absolute atomic E-state index is 12.5. The Kier molecular flexibility index (Phi) is 3.94. The molecule has 1 N–H and O–H groups in total. The Labute approximate surface area is 136 Å². The Bertz CT molecular complexity index is 821. The molecule has 2 nitrogen and oxygen atoms in total. The van der Waals surface area contributed by atoms with Crippen LogP contribution in [0, 0.1) is 0 Å². The molecular weight excluding hydrogens is 329 g/mol. The Morgan fingerprint density at radius 3 is 2.43 bits per heavy atom. The second-order valence-electron chi connectivity index (χ2n) is 4.74. The molecule has 0 aliphatic heterocycles. The van der Waals surface area contributed by atoms with Crippen LogP contribution in [0.2, 0.25) is 15.1 Å². The molecule has 0 atom stereocenters. The number of halogens is 3. The van der Waals surface area contributed by atoms with E-state index >= 15 is 0 Å². The highest BCUT2D eigenvalue weighted by molar-refractivity contribution is 6.39. The molecule has 0 radical (unpaired) electrons. The van der Waals surface area contributed by atoms with Crippen LogP contribution in [0.4, 0.5) is 0 Å². The lowest BCUT2D eigenvalue weighted by molar-refractivity contribution is 0.0994. The molecule has 0 spiro atoms. The SMILES string of the molecule is O=C(Cc1ccc(Cl)cc1)c1c[nH]c2cc(Cl)cc(Cl)c12. The maximum Gasteiger partial charge on any atom is 0.169 e. The summed E-state index contributed by atoms with van der Waals surface area (Å²) in [6.07, 6.45) is 1.97. The standard InChI is InChI=1S/C16H10Cl3NO/c17-10-3-1-9(2-4-10)5-15(21)12-8-20-14-7-11(18)6-13(19)16(12)14/h1-4,6-8,20H,5H2. The zero-order valence-corrected chi connectivity index (χ0v) is 13.1. The second kappa shape index (κ2) is 5.72. The summed E-state index contributed by atoms with van der Waals surface area (Å²) in [5.74, 6) is -0.00667. The van der Waals surface area contributed by atoms with Gasteiger partial charge in [-0.3, -0.25) is 4.79 Å². The predicted octanol–water partition coefficient (Wildman–Crippen LogP) is 5.55. The fourth-order valence-corrected chi connectivity index (χ4v) is 3.01. The van der Waals surface area contributed by atoms with E-state index in [1.807, 2.05) is 12.1 Å². The average Bonchev–Trinajstić information content (AvgIpc) is 2.85. The van der Waals surface area contributed by atoms with Crippen LogP contribution in [0.3, 0.4) is 0 Å². The quantitative estimate of drug-likeness (QED) is 0.624. The minimum atomic E-state index is -0.00667. The fraction of sp³-hybridized carbons (Fsp3) is 0.0625. The minimum absolute atomic E-state index is 0.00667. The fourth-order valence-electron chi connectivity index (χ4n) is 2.29. The number of rotatable bonds is 3. The maximum atomic E-state index is 12.5. The average molecular weight is 339 g/mol. The molecule has 0 aliphatic carbocycles. The van der Waals surface area contributed by atoms with E-state index in [-0.39, 0.29) is 5.78 Å². The lowest BCUT2D eigenvalue weighted by atomic mass is 10.0. The van der Waals surface area contributed by atoms with Crippen LogP contribution in [0.25, 0.3) is 10.9 Å². The van der Waals surface area contributed by atoms with Gasteiger partial charge >= 0.3 is 0 Å². The van der Waals surface area contributed by atoms with Gasteiger partial charge in [0.25, 0.3) is 0 Å². The van der Waals surface area contributed by atoms with Crippen molar-refractivity contribution in [3.05, 3.63) is 68.8 Å². The van der Waals surface area contributed by atoms with E-state index in [4.69, 9.17) is 34.8 Å². The predicted molar refractivity (Wildman–Crippen MR) is 87.8 cm³/mol. The second-order valence-corrected chi connectivity index (χ2v) is 6.02. The van der Waals surface area contributed by atoms with E-state index in [0.29, 0.717) is 32.4 Å². The van der Waals surface area contributed by atoms with E-state index in [2.05, 4.69) is 4.98 Å². The third kappa shape index (κ3) is 2.93. The molecule has 0 amide bonds. The first-order valence-electron chi connectivity index (χ1n) is 6.28. The molecule has 0 bridgehead atoms. The van der Waals surface area contributed by atoms with Crippen LogP contribution in [0.5, 0.6) is 0 Å². The zero-order valence-electron chi connectivity index (χ0n) is 10.8. The van der Waals surface area contributed by atoms with Gasteiger partial charge in [0.15, 0.2) is 5.78 Å². The summed E-state index contributed by atoms with van der Waals surface area (Å²) in [6, 6.07) is 10.6. The number of hydrogen-bond acceptors (Lipinski definition) is 1. The molecule has 0 unspecified atom stereocenters. The summed E-state index contributed by atoms with van der Waals surface area (Å²) >= 11 is 18.0. The van der Waals surface area contributed by atoms with E-state index in [9.17, 15) is 4.79 Å². The van der Waals surface area contributed by atoms with Crippen LogP contribution in [0.15, 0.2) is 42.6 Å². The molecule has 3 aromatic rings.